The molecule has 144 valence electrons. The molecule has 0 radical (unpaired) electrons. The summed E-state index contributed by atoms with van der Waals surface area (Å²) in [6, 6.07) is 5.58. The Hall–Kier alpha value is -2.96. The Labute approximate surface area is 163 Å². The summed E-state index contributed by atoms with van der Waals surface area (Å²) >= 11 is 0. The first-order valence-corrected chi connectivity index (χ1v) is 9.73. The van der Waals surface area contributed by atoms with Gasteiger partial charge in [0.2, 0.25) is 0 Å². The van der Waals surface area contributed by atoms with Crippen LogP contribution in [0.1, 0.15) is 36.3 Å². The van der Waals surface area contributed by atoms with Gasteiger partial charge in [0.25, 0.3) is 5.56 Å². The van der Waals surface area contributed by atoms with Gasteiger partial charge >= 0.3 is 0 Å². The highest BCUT2D eigenvalue weighted by Gasteiger charge is 2.47. The molecule has 0 unspecified atom stereocenters. The Morgan fingerprint density at radius 1 is 1.18 bits per heavy atom. The number of aromatic nitrogens is 4. The Bertz CT molecular complexity index is 1070. The first-order chi connectivity index (χ1) is 13.5. The maximum Gasteiger partial charge on any atom is 0.269 e. The van der Waals surface area contributed by atoms with E-state index in [9.17, 15) is 4.79 Å². The molecule has 1 saturated heterocycles. The van der Waals surface area contributed by atoms with Gasteiger partial charge in [-0.1, -0.05) is 11.6 Å². The highest BCUT2D eigenvalue weighted by molar-refractivity contribution is 5.62. The standard InChI is InChI=1S/C21H23N5O2/c1-14-4-5-16(9-22-14)20-18(15(2)28-24-20)11-26-19(27)8-17(10-23-26)25-12-21(13-25)6-3-7-21/h4-5,8-10H,3,6-7,11-13H2,1-2H3. The summed E-state index contributed by atoms with van der Waals surface area (Å²) in [5, 5.41) is 8.59. The van der Waals surface area contributed by atoms with E-state index >= 15 is 0 Å². The summed E-state index contributed by atoms with van der Waals surface area (Å²) < 4.78 is 6.86. The Morgan fingerprint density at radius 3 is 2.64 bits per heavy atom. The summed E-state index contributed by atoms with van der Waals surface area (Å²) in [5.74, 6) is 0.683. The lowest BCUT2D eigenvalue weighted by molar-refractivity contribution is 0.0903. The van der Waals surface area contributed by atoms with Gasteiger partial charge in [-0.15, -0.1) is 0 Å². The number of hydrogen-bond donors (Lipinski definition) is 0. The quantitative estimate of drug-likeness (QED) is 0.696. The van der Waals surface area contributed by atoms with E-state index in [1.807, 2.05) is 26.0 Å². The van der Waals surface area contributed by atoms with Gasteiger partial charge in [-0.25, -0.2) is 4.68 Å². The molecule has 2 aliphatic rings. The second kappa shape index (κ2) is 6.29. The van der Waals surface area contributed by atoms with E-state index in [4.69, 9.17) is 4.52 Å². The summed E-state index contributed by atoms with van der Waals surface area (Å²) in [7, 11) is 0. The van der Waals surface area contributed by atoms with Gasteiger partial charge in [0.05, 0.1) is 18.4 Å². The fourth-order valence-electron chi connectivity index (χ4n) is 4.22. The van der Waals surface area contributed by atoms with Crippen molar-refractivity contribution in [1.82, 2.24) is 19.9 Å². The number of rotatable bonds is 4. The summed E-state index contributed by atoms with van der Waals surface area (Å²) in [4.78, 5) is 19.3. The van der Waals surface area contributed by atoms with E-state index < -0.39 is 0 Å². The second-order valence-electron chi connectivity index (χ2n) is 8.17. The molecule has 7 nitrogen and oxygen atoms in total. The van der Waals surface area contributed by atoms with Crippen LogP contribution in [0.5, 0.6) is 0 Å². The Balaban J connectivity index is 1.39. The van der Waals surface area contributed by atoms with E-state index in [-0.39, 0.29) is 5.56 Å². The van der Waals surface area contributed by atoms with Crippen molar-refractivity contribution in [2.75, 3.05) is 18.0 Å². The van der Waals surface area contributed by atoms with Gasteiger partial charge in [0, 0.05) is 47.6 Å². The molecular formula is C21H23N5O2. The van der Waals surface area contributed by atoms with Crippen molar-refractivity contribution in [3.05, 3.63) is 58.0 Å². The van der Waals surface area contributed by atoms with Crippen LogP contribution in [0.15, 0.2) is 39.9 Å². The third kappa shape index (κ3) is 2.82. The Morgan fingerprint density at radius 2 is 2.00 bits per heavy atom. The van der Waals surface area contributed by atoms with E-state index in [1.165, 1.54) is 23.9 Å². The SMILES string of the molecule is Cc1ccc(-c2noc(C)c2Cn2ncc(N3CC4(CCC4)C3)cc2=O)cn1. The Kier molecular flexibility index (Phi) is 3.86. The predicted molar refractivity (Wildman–Crippen MR) is 105 cm³/mol. The van der Waals surface area contributed by atoms with Crippen molar-refractivity contribution >= 4 is 5.69 Å². The van der Waals surface area contributed by atoms with Crippen LogP contribution in [0, 0.1) is 19.3 Å². The van der Waals surface area contributed by atoms with Crippen molar-refractivity contribution in [1.29, 1.82) is 0 Å². The average Bonchev–Trinajstić information content (AvgIpc) is 2.96. The largest absolute Gasteiger partial charge is 0.369 e. The molecule has 1 aliphatic carbocycles. The van der Waals surface area contributed by atoms with Crippen LogP contribution in [0.3, 0.4) is 0 Å². The minimum absolute atomic E-state index is 0.111. The molecule has 2 fully saturated rings. The molecule has 1 saturated carbocycles. The van der Waals surface area contributed by atoms with Crippen molar-refractivity contribution in [3.63, 3.8) is 0 Å². The van der Waals surface area contributed by atoms with Crippen LogP contribution in [0.4, 0.5) is 5.69 Å². The monoisotopic (exact) mass is 377 g/mol. The molecule has 0 N–H and O–H groups in total. The molecule has 3 aromatic rings. The molecule has 7 heteroatoms. The van der Waals surface area contributed by atoms with Gasteiger partial charge in [0.1, 0.15) is 11.5 Å². The topological polar surface area (TPSA) is 77.0 Å². The third-order valence-electron chi connectivity index (χ3n) is 6.16. The first kappa shape index (κ1) is 17.2. The highest BCUT2D eigenvalue weighted by Crippen LogP contribution is 2.49. The van der Waals surface area contributed by atoms with Crippen LogP contribution in [0.25, 0.3) is 11.3 Å². The zero-order valence-electron chi connectivity index (χ0n) is 16.2. The van der Waals surface area contributed by atoms with Crippen LogP contribution < -0.4 is 10.5 Å². The van der Waals surface area contributed by atoms with Crippen LogP contribution in [0.2, 0.25) is 0 Å². The molecular weight excluding hydrogens is 354 g/mol. The normalized spacial score (nSPS) is 17.4. The van der Waals surface area contributed by atoms with Gasteiger partial charge in [-0.2, -0.15) is 5.10 Å². The lowest BCUT2D eigenvalue weighted by Gasteiger charge is -2.56. The smallest absolute Gasteiger partial charge is 0.269 e. The van der Waals surface area contributed by atoms with E-state index in [0.717, 1.165) is 35.6 Å². The lowest BCUT2D eigenvalue weighted by atomic mass is 9.63. The van der Waals surface area contributed by atoms with Gasteiger partial charge in [-0.3, -0.25) is 9.78 Å². The zero-order valence-corrected chi connectivity index (χ0v) is 16.2. The average molecular weight is 377 g/mol. The predicted octanol–water partition coefficient (Wildman–Crippen LogP) is 2.95. The molecule has 0 amide bonds. The molecule has 1 spiro atoms. The summed E-state index contributed by atoms with van der Waals surface area (Å²) in [5.41, 5.74) is 4.69. The maximum atomic E-state index is 12.7. The van der Waals surface area contributed by atoms with Crippen LogP contribution >= 0.6 is 0 Å². The first-order valence-electron chi connectivity index (χ1n) is 9.73. The highest BCUT2D eigenvalue weighted by atomic mass is 16.5. The number of anilines is 1. The molecule has 5 rings (SSSR count). The van der Waals surface area contributed by atoms with Gasteiger partial charge < -0.3 is 9.42 Å². The minimum Gasteiger partial charge on any atom is -0.369 e. The number of hydrogen-bond acceptors (Lipinski definition) is 6. The minimum atomic E-state index is -0.111. The van der Waals surface area contributed by atoms with Crippen molar-refractivity contribution in [3.8, 4) is 11.3 Å². The number of aryl methyl sites for hydroxylation is 2. The van der Waals surface area contributed by atoms with Crippen molar-refractivity contribution < 1.29 is 4.52 Å². The van der Waals surface area contributed by atoms with Gasteiger partial charge in [-0.05, 0) is 38.8 Å². The zero-order chi connectivity index (χ0) is 19.3. The molecule has 3 aromatic heterocycles. The number of pyridine rings is 1. The molecule has 28 heavy (non-hydrogen) atoms. The molecule has 1 aliphatic heterocycles. The van der Waals surface area contributed by atoms with Gasteiger partial charge in [0.15, 0.2) is 0 Å². The summed E-state index contributed by atoms with van der Waals surface area (Å²) in [6.45, 7) is 6.21. The molecule has 0 aromatic carbocycles. The van der Waals surface area contributed by atoms with Crippen LogP contribution in [-0.4, -0.2) is 33.0 Å². The van der Waals surface area contributed by atoms with E-state index in [0.29, 0.717) is 23.4 Å². The second-order valence-corrected chi connectivity index (χ2v) is 8.17. The van der Waals surface area contributed by atoms with Crippen molar-refractivity contribution in [2.24, 2.45) is 5.41 Å². The van der Waals surface area contributed by atoms with Crippen molar-refractivity contribution in [2.45, 2.75) is 39.7 Å². The molecule has 0 atom stereocenters. The van der Waals surface area contributed by atoms with E-state index in [1.54, 1.807) is 18.5 Å². The molecule has 4 heterocycles. The third-order valence-corrected chi connectivity index (χ3v) is 6.16. The fraction of sp³-hybridized carbons (Fsp3) is 0.429. The number of nitrogens with zero attached hydrogens (tertiary/aromatic N) is 5. The van der Waals surface area contributed by atoms with E-state index in [2.05, 4.69) is 20.1 Å². The lowest BCUT2D eigenvalue weighted by Crippen LogP contribution is -2.60. The van der Waals surface area contributed by atoms with Crippen LogP contribution in [-0.2, 0) is 6.54 Å². The maximum absolute atomic E-state index is 12.7. The summed E-state index contributed by atoms with van der Waals surface area (Å²) in [6.07, 6.45) is 7.54. The molecule has 0 bridgehead atoms. The fourth-order valence-corrected chi connectivity index (χ4v) is 4.22.